The zero-order chi connectivity index (χ0) is 5.98. The van der Waals surface area contributed by atoms with Gasteiger partial charge in [0, 0.05) is 12.1 Å². The molecule has 0 fully saturated rings. The topological polar surface area (TPSA) is 26.9 Å². The molecule has 46 valence electrons. The summed E-state index contributed by atoms with van der Waals surface area (Å²) in [7, 11) is 0. The van der Waals surface area contributed by atoms with Crippen molar-refractivity contribution in [3.8, 4) is 0 Å². The third-order valence-corrected chi connectivity index (χ3v) is 1.15. The molecule has 4 heteroatoms. The number of thiol groups is 1. The van der Waals surface area contributed by atoms with E-state index in [1.165, 1.54) is 6.20 Å². The standard InChI is InChI=1S/C5H5NOS.Mg.2H/c7-6-4-2-1-3-5(6)8;;;/h1-4,8H;;;. The van der Waals surface area contributed by atoms with E-state index >= 15 is 0 Å². The van der Waals surface area contributed by atoms with Crippen molar-refractivity contribution in [2.24, 2.45) is 0 Å². The minimum absolute atomic E-state index is 0. The van der Waals surface area contributed by atoms with Crippen LogP contribution in [0.25, 0.3) is 0 Å². The molecule has 0 radical (unpaired) electrons. The quantitative estimate of drug-likeness (QED) is 0.235. The van der Waals surface area contributed by atoms with Crippen molar-refractivity contribution in [2.45, 2.75) is 5.03 Å². The van der Waals surface area contributed by atoms with Crippen LogP contribution in [0.15, 0.2) is 29.4 Å². The molecule has 0 atom stereocenters. The summed E-state index contributed by atoms with van der Waals surface area (Å²) >= 11 is 3.85. The lowest BCUT2D eigenvalue weighted by Gasteiger charge is -1.94. The first kappa shape index (κ1) is 9.07. The predicted octanol–water partition coefficient (Wildman–Crippen LogP) is -0.308. The first-order valence-electron chi connectivity index (χ1n) is 2.18. The van der Waals surface area contributed by atoms with Gasteiger partial charge in [-0.25, -0.2) is 0 Å². The zero-order valence-electron chi connectivity index (χ0n) is 4.11. The highest BCUT2D eigenvalue weighted by Gasteiger charge is 1.90. The molecule has 2 nitrogen and oxygen atoms in total. The third kappa shape index (κ3) is 2.42. The molecule has 1 heterocycles. The van der Waals surface area contributed by atoms with Crippen LogP contribution in [0.1, 0.15) is 0 Å². The van der Waals surface area contributed by atoms with Gasteiger partial charge in [-0.05, 0) is 6.07 Å². The molecule has 0 spiro atoms. The van der Waals surface area contributed by atoms with Crippen LogP contribution < -0.4 is 4.73 Å². The summed E-state index contributed by atoms with van der Waals surface area (Å²) < 4.78 is 0.698. The highest BCUT2D eigenvalue weighted by Crippen LogP contribution is 1.93. The van der Waals surface area contributed by atoms with Crippen molar-refractivity contribution in [1.82, 2.24) is 0 Å². The molecular weight excluding hydrogens is 146 g/mol. The normalized spacial score (nSPS) is 8.11. The van der Waals surface area contributed by atoms with Crippen LogP contribution in [-0.4, -0.2) is 23.1 Å². The van der Waals surface area contributed by atoms with Crippen molar-refractivity contribution in [1.29, 1.82) is 0 Å². The van der Waals surface area contributed by atoms with Gasteiger partial charge in [0.05, 0.1) is 0 Å². The predicted molar refractivity (Wildman–Crippen MR) is 41.2 cm³/mol. The molecule has 0 aliphatic carbocycles. The first-order valence-corrected chi connectivity index (χ1v) is 2.62. The van der Waals surface area contributed by atoms with E-state index in [1.807, 2.05) is 0 Å². The summed E-state index contributed by atoms with van der Waals surface area (Å²) in [6.07, 6.45) is 1.41. The molecule has 1 rings (SSSR count). The molecule has 0 aliphatic rings. The highest BCUT2D eigenvalue weighted by molar-refractivity contribution is 7.80. The van der Waals surface area contributed by atoms with Gasteiger partial charge >= 0.3 is 23.1 Å². The minimum Gasteiger partial charge on any atom is -0.618 e. The van der Waals surface area contributed by atoms with Gasteiger partial charge in [0.2, 0.25) is 5.03 Å². The van der Waals surface area contributed by atoms with Crippen molar-refractivity contribution >= 4 is 35.7 Å². The number of hydrogen-bond donors (Lipinski definition) is 1. The van der Waals surface area contributed by atoms with E-state index in [2.05, 4.69) is 12.6 Å². The van der Waals surface area contributed by atoms with Crippen molar-refractivity contribution in [3.05, 3.63) is 29.6 Å². The van der Waals surface area contributed by atoms with Crippen LogP contribution in [0.2, 0.25) is 0 Å². The summed E-state index contributed by atoms with van der Waals surface area (Å²) in [5.74, 6) is 0. The van der Waals surface area contributed by atoms with Gasteiger partial charge in [-0.1, -0.05) is 12.6 Å². The number of nitrogens with zero attached hydrogens (tertiary/aromatic N) is 1. The fourth-order valence-electron chi connectivity index (χ4n) is 0.419. The van der Waals surface area contributed by atoms with E-state index in [9.17, 15) is 5.21 Å². The average molecular weight is 153 g/mol. The molecule has 0 unspecified atom stereocenters. The van der Waals surface area contributed by atoms with E-state index in [-0.39, 0.29) is 23.1 Å². The Morgan fingerprint density at radius 2 is 2.11 bits per heavy atom. The molecule has 0 N–H and O–H groups in total. The Kier molecular flexibility index (Phi) is 4.00. The Labute approximate surface area is 75.0 Å². The Morgan fingerprint density at radius 3 is 2.44 bits per heavy atom. The summed E-state index contributed by atoms with van der Waals surface area (Å²) in [6.45, 7) is 0. The van der Waals surface area contributed by atoms with Crippen molar-refractivity contribution in [2.75, 3.05) is 0 Å². The lowest BCUT2D eigenvalue weighted by Crippen LogP contribution is -2.26. The maximum absolute atomic E-state index is 10.5. The third-order valence-electron chi connectivity index (χ3n) is 0.804. The molecule has 0 aliphatic heterocycles. The summed E-state index contributed by atoms with van der Waals surface area (Å²) in [4.78, 5) is 0. The van der Waals surface area contributed by atoms with Crippen molar-refractivity contribution in [3.63, 3.8) is 0 Å². The van der Waals surface area contributed by atoms with Crippen molar-refractivity contribution < 1.29 is 4.73 Å². The van der Waals surface area contributed by atoms with Gasteiger partial charge in [-0.3, -0.25) is 0 Å². The lowest BCUT2D eigenvalue weighted by molar-refractivity contribution is -0.645. The second kappa shape index (κ2) is 3.97. The monoisotopic (exact) mass is 153 g/mol. The Morgan fingerprint density at radius 1 is 1.44 bits per heavy atom. The second-order valence-corrected chi connectivity index (χ2v) is 1.84. The molecule has 0 saturated heterocycles. The summed E-state index contributed by atoms with van der Waals surface area (Å²) in [5, 5.41) is 10.9. The fraction of sp³-hybridized carbons (Fsp3) is 0. The molecule has 9 heavy (non-hydrogen) atoms. The molecule has 0 bridgehead atoms. The van der Waals surface area contributed by atoms with E-state index in [0.717, 1.165) is 0 Å². The Balaban J connectivity index is 0.000000640. The molecule has 0 saturated carbocycles. The minimum atomic E-state index is 0. The number of rotatable bonds is 0. The lowest BCUT2D eigenvalue weighted by atomic mass is 10.5. The van der Waals surface area contributed by atoms with Gasteiger partial charge in [0.15, 0.2) is 6.20 Å². The Bertz CT molecular complexity index is 173. The fourth-order valence-corrected chi connectivity index (χ4v) is 0.572. The molecule has 0 aromatic carbocycles. The van der Waals surface area contributed by atoms with Crippen LogP contribution in [-0.2, 0) is 0 Å². The molecule has 1 aromatic heterocycles. The highest BCUT2D eigenvalue weighted by atomic mass is 32.1. The molecule has 1 aromatic rings. The second-order valence-electron chi connectivity index (χ2n) is 1.38. The van der Waals surface area contributed by atoms with Crippen LogP contribution in [0, 0.1) is 5.21 Å². The number of aromatic nitrogens is 1. The maximum Gasteiger partial charge on any atom is 0.316 e. The Hall–Kier alpha value is 0.0662. The SMILES string of the molecule is [MgH2].[O-][n+]1ccccc1S. The van der Waals surface area contributed by atoms with Crippen LogP contribution in [0.5, 0.6) is 0 Å². The average Bonchev–Trinajstić information content (AvgIpc) is 1.77. The van der Waals surface area contributed by atoms with E-state index in [0.29, 0.717) is 9.76 Å². The van der Waals surface area contributed by atoms with Crippen LogP contribution in [0.4, 0.5) is 0 Å². The van der Waals surface area contributed by atoms with E-state index in [4.69, 9.17) is 0 Å². The largest absolute Gasteiger partial charge is 0.618 e. The van der Waals surface area contributed by atoms with E-state index < -0.39 is 0 Å². The maximum atomic E-state index is 10.5. The van der Waals surface area contributed by atoms with Gasteiger partial charge < -0.3 is 5.21 Å². The molecule has 0 amide bonds. The van der Waals surface area contributed by atoms with Gasteiger partial charge in [-0.15, -0.1) is 0 Å². The van der Waals surface area contributed by atoms with Crippen LogP contribution >= 0.6 is 12.6 Å². The zero-order valence-corrected chi connectivity index (χ0v) is 5.01. The van der Waals surface area contributed by atoms with Crippen LogP contribution in [0.3, 0.4) is 0 Å². The van der Waals surface area contributed by atoms with Gasteiger partial charge in [-0.2, -0.15) is 4.73 Å². The molecular formula is C5H7MgNOS. The summed E-state index contributed by atoms with van der Waals surface area (Å²) in [5.41, 5.74) is 0. The van der Waals surface area contributed by atoms with E-state index in [1.54, 1.807) is 18.2 Å². The summed E-state index contributed by atoms with van der Waals surface area (Å²) in [6, 6.07) is 5.06. The smallest absolute Gasteiger partial charge is 0.316 e. The first-order chi connectivity index (χ1) is 3.80. The van der Waals surface area contributed by atoms with Gasteiger partial charge in [0.25, 0.3) is 0 Å². The number of hydrogen-bond acceptors (Lipinski definition) is 2. The number of pyridine rings is 1. The van der Waals surface area contributed by atoms with Gasteiger partial charge in [0.1, 0.15) is 0 Å².